The predicted octanol–water partition coefficient (Wildman–Crippen LogP) is 10.9. The Labute approximate surface area is 351 Å². The Balaban J connectivity index is 1.23. The highest BCUT2D eigenvalue weighted by atomic mass is 32.2. The zero-order valence-corrected chi connectivity index (χ0v) is 34.9. The van der Waals surface area contributed by atoms with Crippen LogP contribution in [0.2, 0.25) is 0 Å². The number of ether oxygens (including phenoxy) is 2. The largest absolute Gasteiger partial charge is 0.505 e. The first-order valence-electron chi connectivity index (χ1n) is 18.5. The molecule has 61 heavy (non-hydrogen) atoms. The van der Waals surface area contributed by atoms with Gasteiger partial charge in [0, 0.05) is 22.8 Å². The summed E-state index contributed by atoms with van der Waals surface area (Å²) < 4.78 is 76.6. The maximum Gasteiger partial charge on any atom is 0.296 e. The first-order valence-corrected chi connectivity index (χ1v) is 21.5. The number of methoxy groups -OCH3 is 1. The van der Waals surface area contributed by atoms with E-state index in [1.807, 2.05) is 56.3 Å². The van der Waals surface area contributed by atoms with Crippen LogP contribution in [-0.4, -0.2) is 55.6 Å². The molecule has 6 aromatic carbocycles. The number of aliphatic hydroxyl groups excluding tert-OH is 1. The summed E-state index contributed by atoms with van der Waals surface area (Å²) >= 11 is 0. The molecule has 0 saturated carbocycles. The van der Waals surface area contributed by atoms with Crippen LogP contribution in [0, 0.1) is 20.8 Å². The van der Waals surface area contributed by atoms with Crippen LogP contribution in [0.15, 0.2) is 133 Å². The van der Waals surface area contributed by atoms with Gasteiger partial charge in [0.25, 0.3) is 20.2 Å². The maximum absolute atomic E-state index is 12.0. The Hall–Kier alpha value is -6.64. The number of anilines is 2. The van der Waals surface area contributed by atoms with Gasteiger partial charge in [0.1, 0.15) is 33.5 Å². The number of benzene rings is 6. The van der Waals surface area contributed by atoms with Gasteiger partial charge in [-0.15, -0.1) is 15.3 Å². The van der Waals surface area contributed by atoms with Gasteiger partial charge in [0.15, 0.2) is 5.75 Å². The number of hydrogen-bond acceptors (Lipinski definition) is 15. The number of nitrogens with zero attached hydrogens (tertiary/aromatic N) is 6. The van der Waals surface area contributed by atoms with Gasteiger partial charge in [-0.25, -0.2) is 0 Å². The van der Waals surface area contributed by atoms with Gasteiger partial charge in [-0.05, 0) is 134 Å². The highest BCUT2D eigenvalue weighted by molar-refractivity contribution is 7.86. The number of fused-ring (bicyclic) bond motifs is 1. The van der Waals surface area contributed by atoms with Crippen molar-refractivity contribution in [3.8, 4) is 17.2 Å². The molecule has 6 rings (SSSR count). The normalized spacial score (nSPS) is 12.2. The molecule has 0 aliphatic rings. The fraction of sp³-hybridized carbons (Fsp3) is 0.190. The minimum atomic E-state index is -4.71. The van der Waals surface area contributed by atoms with Gasteiger partial charge in [0.2, 0.25) is 0 Å². The number of phenols is 1. The van der Waals surface area contributed by atoms with Crippen LogP contribution in [0.3, 0.4) is 0 Å². The molecule has 6 aromatic rings. The van der Waals surface area contributed by atoms with Crippen molar-refractivity contribution in [1.29, 1.82) is 0 Å². The zero-order valence-electron chi connectivity index (χ0n) is 33.3. The number of aromatic hydroxyl groups is 1. The molecule has 0 spiro atoms. The van der Waals surface area contributed by atoms with Crippen molar-refractivity contribution in [1.82, 2.24) is 0 Å². The Bertz CT molecular complexity index is 2920. The second-order valence-corrected chi connectivity index (χ2v) is 16.7. The van der Waals surface area contributed by atoms with Gasteiger partial charge in [0.05, 0.1) is 43.1 Å². The Kier molecular flexibility index (Phi) is 13.5. The summed E-state index contributed by atoms with van der Waals surface area (Å²) in [6, 6.07) is 27.0. The van der Waals surface area contributed by atoms with E-state index >= 15 is 0 Å². The van der Waals surface area contributed by atoms with Crippen LogP contribution >= 0.6 is 0 Å². The quantitative estimate of drug-likeness (QED) is 0.0347. The van der Waals surface area contributed by atoms with E-state index in [2.05, 4.69) is 36.0 Å². The standard InChI is InChI=1S/C42H41N7O10S2/c1-25-19-37(26(2)18-36(25)46-45-35-15-7-29-22-31(10-13-33(29)42(35)51)43-30-8-11-32(58-4)12-9-30)47-49-39-20-27(3)38(23-40(39)59-16-5-17-60(52,53)54)48-44-34-14-6-28(24-50)21-41(34)61(55,56)57/h6-15,18-23,43,50-51H,5,16-17,24H2,1-4H3,(H,52,53,54)(H,55,56,57). The molecule has 0 amide bonds. The summed E-state index contributed by atoms with van der Waals surface area (Å²) in [6.07, 6.45) is -0.0514. The number of aliphatic hydroxyl groups is 1. The Morgan fingerprint density at radius 3 is 1.79 bits per heavy atom. The maximum atomic E-state index is 12.0. The molecule has 0 aliphatic carbocycles. The van der Waals surface area contributed by atoms with Crippen molar-refractivity contribution in [2.24, 2.45) is 30.7 Å². The Morgan fingerprint density at radius 1 is 0.623 bits per heavy atom. The SMILES string of the molecule is COc1ccc(Nc2ccc3c(O)c(N=Nc4cc(C)c(N=Nc5cc(C)c(N=Nc6ccc(CO)cc6S(=O)(=O)O)cc5OCCCS(=O)(=O)O)cc4C)ccc3c2)cc1. The molecule has 0 aromatic heterocycles. The molecule has 0 saturated heterocycles. The van der Waals surface area contributed by atoms with E-state index in [1.165, 1.54) is 18.2 Å². The number of aryl methyl sites for hydroxylation is 3. The van der Waals surface area contributed by atoms with Crippen LogP contribution in [0.5, 0.6) is 17.2 Å². The number of nitrogens with one attached hydrogen (secondary N) is 1. The third-order valence-corrected chi connectivity index (χ3v) is 10.9. The summed E-state index contributed by atoms with van der Waals surface area (Å²) in [5.74, 6) is 0.320. The van der Waals surface area contributed by atoms with Crippen molar-refractivity contribution < 1.29 is 45.6 Å². The molecule has 0 fully saturated rings. The Morgan fingerprint density at radius 2 is 1.18 bits per heavy atom. The lowest BCUT2D eigenvalue weighted by atomic mass is 10.1. The fourth-order valence-corrected chi connectivity index (χ4v) is 7.12. The van der Waals surface area contributed by atoms with Crippen LogP contribution in [0.1, 0.15) is 28.7 Å². The average Bonchev–Trinajstić information content (AvgIpc) is 3.22. The van der Waals surface area contributed by atoms with Crippen molar-refractivity contribution in [3.05, 3.63) is 119 Å². The summed E-state index contributed by atoms with van der Waals surface area (Å²) in [7, 11) is -7.34. The molecule has 0 bridgehead atoms. The second kappa shape index (κ2) is 18.7. The molecule has 0 radical (unpaired) electrons. The van der Waals surface area contributed by atoms with Gasteiger partial charge in [-0.1, -0.05) is 12.1 Å². The van der Waals surface area contributed by atoms with Gasteiger partial charge in [-0.2, -0.15) is 32.2 Å². The van der Waals surface area contributed by atoms with E-state index in [-0.39, 0.29) is 52.8 Å². The van der Waals surface area contributed by atoms with Crippen LogP contribution in [0.25, 0.3) is 10.8 Å². The molecule has 19 heteroatoms. The zero-order chi connectivity index (χ0) is 43.9. The third-order valence-electron chi connectivity index (χ3n) is 9.23. The summed E-state index contributed by atoms with van der Waals surface area (Å²) in [6.45, 7) is 4.73. The summed E-state index contributed by atoms with van der Waals surface area (Å²) in [5.41, 5.74) is 5.47. The topological polar surface area (TPSA) is 254 Å². The van der Waals surface area contributed by atoms with Gasteiger partial charge >= 0.3 is 0 Å². The number of phenolic OH excluding ortho intramolecular Hbond substituents is 1. The molecular formula is C42H41N7O10S2. The van der Waals surface area contributed by atoms with E-state index < -0.39 is 37.5 Å². The minimum Gasteiger partial charge on any atom is -0.505 e. The van der Waals surface area contributed by atoms with E-state index in [1.54, 1.807) is 44.4 Å². The number of azo groups is 3. The molecule has 5 N–H and O–H groups in total. The van der Waals surface area contributed by atoms with Crippen LogP contribution < -0.4 is 14.8 Å². The molecule has 0 heterocycles. The molecule has 0 aliphatic heterocycles. The number of rotatable bonds is 16. The monoisotopic (exact) mass is 867 g/mol. The third kappa shape index (κ3) is 11.4. The molecular weight excluding hydrogens is 827 g/mol. The van der Waals surface area contributed by atoms with Gasteiger partial charge in [-0.3, -0.25) is 9.11 Å². The van der Waals surface area contributed by atoms with Crippen LogP contribution in [-0.2, 0) is 26.8 Å². The van der Waals surface area contributed by atoms with Crippen molar-refractivity contribution in [2.45, 2.75) is 38.7 Å². The minimum absolute atomic E-state index is 0.0182. The number of hydrogen-bond donors (Lipinski definition) is 5. The smallest absolute Gasteiger partial charge is 0.296 e. The predicted molar refractivity (Wildman–Crippen MR) is 230 cm³/mol. The summed E-state index contributed by atoms with van der Waals surface area (Å²) in [4.78, 5) is -0.550. The molecule has 316 valence electrons. The van der Waals surface area contributed by atoms with Gasteiger partial charge < -0.3 is 25.0 Å². The molecule has 0 unspecified atom stereocenters. The highest BCUT2D eigenvalue weighted by Gasteiger charge is 2.18. The van der Waals surface area contributed by atoms with Crippen molar-refractivity contribution in [2.75, 3.05) is 24.8 Å². The van der Waals surface area contributed by atoms with Crippen LogP contribution in [0.4, 0.5) is 45.5 Å². The first-order chi connectivity index (χ1) is 29.0. The molecule has 17 nitrogen and oxygen atoms in total. The van der Waals surface area contributed by atoms with Crippen molar-refractivity contribution in [3.63, 3.8) is 0 Å². The molecule has 0 atom stereocenters. The second-order valence-electron chi connectivity index (χ2n) is 13.8. The lowest BCUT2D eigenvalue weighted by Gasteiger charge is -2.11. The fourth-order valence-electron chi connectivity index (χ4n) is 5.96. The lowest BCUT2D eigenvalue weighted by molar-refractivity contribution is 0.281. The van der Waals surface area contributed by atoms with E-state index in [4.69, 9.17) is 9.47 Å². The van der Waals surface area contributed by atoms with Crippen molar-refractivity contribution >= 4 is 76.5 Å². The highest BCUT2D eigenvalue weighted by Crippen LogP contribution is 2.40. The lowest BCUT2D eigenvalue weighted by Crippen LogP contribution is -2.08. The average molecular weight is 868 g/mol. The first kappa shape index (κ1) is 43.9. The van der Waals surface area contributed by atoms with E-state index in [9.17, 15) is 36.2 Å². The summed E-state index contributed by atoms with van der Waals surface area (Å²) in [5, 5.41) is 51.1. The van der Waals surface area contributed by atoms with E-state index in [0.29, 0.717) is 33.5 Å². The van der Waals surface area contributed by atoms with E-state index in [0.717, 1.165) is 28.6 Å².